The van der Waals surface area contributed by atoms with E-state index in [-0.39, 0.29) is 0 Å². The van der Waals surface area contributed by atoms with Crippen molar-refractivity contribution < 1.29 is 0 Å². The largest absolute Gasteiger partial charge is 0.370 e. The predicted octanol–water partition coefficient (Wildman–Crippen LogP) is 2.19. The van der Waals surface area contributed by atoms with Gasteiger partial charge >= 0.3 is 0 Å². The van der Waals surface area contributed by atoms with Crippen molar-refractivity contribution in [1.29, 1.82) is 0 Å². The van der Waals surface area contributed by atoms with Gasteiger partial charge in [-0.25, -0.2) is 15.0 Å². The van der Waals surface area contributed by atoms with Crippen LogP contribution in [0.3, 0.4) is 0 Å². The zero-order valence-corrected chi connectivity index (χ0v) is 11.8. The molecule has 0 aliphatic rings. The minimum absolute atomic E-state index is 0.737. The number of imidazole rings is 1. The summed E-state index contributed by atoms with van der Waals surface area (Å²) in [6.07, 6.45) is 6.47. The first-order valence-corrected chi connectivity index (χ1v) is 6.79. The van der Waals surface area contributed by atoms with Crippen molar-refractivity contribution in [2.24, 2.45) is 7.05 Å². The highest BCUT2D eigenvalue weighted by molar-refractivity contribution is 5.36. The van der Waals surface area contributed by atoms with Crippen molar-refractivity contribution >= 4 is 5.82 Å². The topological polar surface area (TPSA) is 55.6 Å². The molecule has 5 nitrogen and oxygen atoms in total. The van der Waals surface area contributed by atoms with Crippen molar-refractivity contribution in [2.75, 3.05) is 11.9 Å². The molecule has 0 aliphatic carbocycles. The van der Waals surface area contributed by atoms with Gasteiger partial charge in [0.25, 0.3) is 0 Å². The van der Waals surface area contributed by atoms with E-state index in [1.807, 2.05) is 30.1 Å². The van der Waals surface area contributed by atoms with Gasteiger partial charge in [0.05, 0.1) is 5.69 Å². The summed E-state index contributed by atoms with van der Waals surface area (Å²) in [6.45, 7) is 5.08. The van der Waals surface area contributed by atoms with E-state index >= 15 is 0 Å². The molecule has 2 heterocycles. The molecule has 0 atom stereocenters. The van der Waals surface area contributed by atoms with E-state index in [9.17, 15) is 0 Å². The Morgan fingerprint density at radius 2 is 2.11 bits per heavy atom. The zero-order chi connectivity index (χ0) is 13.7. The molecule has 2 aromatic heterocycles. The van der Waals surface area contributed by atoms with Crippen LogP contribution in [0, 0.1) is 0 Å². The highest BCUT2D eigenvalue weighted by Crippen LogP contribution is 2.11. The van der Waals surface area contributed by atoms with Crippen molar-refractivity contribution in [1.82, 2.24) is 19.5 Å². The van der Waals surface area contributed by atoms with Gasteiger partial charge in [0.2, 0.25) is 0 Å². The van der Waals surface area contributed by atoms with Crippen LogP contribution in [0.1, 0.15) is 37.6 Å². The van der Waals surface area contributed by atoms with Crippen LogP contribution in [0.2, 0.25) is 0 Å². The van der Waals surface area contributed by atoms with E-state index in [1.165, 1.54) is 0 Å². The number of nitrogens with one attached hydrogen (secondary N) is 1. The van der Waals surface area contributed by atoms with Crippen LogP contribution in [0.15, 0.2) is 18.5 Å². The molecule has 0 bridgehead atoms. The summed E-state index contributed by atoms with van der Waals surface area (Å²) < 4.78 is 2.02. The first-order chi connectivity index (χ1) is 9.22. The molecule has 0 fully saturated rings. The standard InChI is InChI=1S/C14H21N5/c1-4-6-12-17-11(9-13(18-12)15-5-2)10-14-16-7-8-19(14)3/h7-9H,4-6,10H2,1-3H3,(H,15,17,18). The highest BCUT2D eigenvalue weighted by atomic mass is 15.0. The van der Waals surface area contributed by atoms with E-state index in [4.69, 9.17) is 0 Å². The van der Waals surface area contributed by atoms with Gasteiger partial charge < -0.3 is 9.88 Å². The Hall–Kier alpha value is -1.91. The van der Waals surface area contributed by atoms with Crippen LogP contribution in [-0.4, -0.2) is 26.1 Å². The molecule has 0 spiro atoms. The molecule has 0 saturated carbocycles. The number of anilines is 1. The van der Waals surface area contributed by atoms with Gasteiger partial charge in [-0.05, 0) is 13.3 Å². The molecule has 0 radical (unpaired) electrons. The molecule has 0 saturated heterocycles. The second-order valence-electron chi connectivity index (χ2n) is 4.57. The molecule has 0 amide bonds. The van der Waals surface area contributed by atoms with Crippen LogP contribution >= 0.6 is 0 Å². The highest BCUT2D eigenvalue weighted by Gasteiger charge is 2.07. The van der Waals surface area contributed by atoms with E-state index < -0.39 is 0 Å². The Kier molecular flexibility index (Phi) is 4.49. The van der Waals surface area contributed by atoms with Gasteiger partial charge in [0.1, 0.15) is 17.5 Å². The molecule has 19 heavy (non-hydrogen) atoms. The first-order valence-electron chi connectivity index (χ1n) is 6.79. The lowest BCUT2D eigenvalue weighted by Gasteiger charge is -2.08. The zero-order valence-electron chi connectivity index (χ0n) is 11.8. The smallest absolute Gasteiger partial charge is 0.131 e. The molecule has 0 aliphatic heterocycles. The normalized spacial score (nSPS) is 10.7. The van der Waals surface area contributed by atoms with E-state index in [2.05, 4.69) is 34.1 Å². The van der Waals surface area contributed by atoms with Crippen LogP contribution in [-0.2, 0) is 19.9 Å². The fourth-order valence-corrected chi connectivity index (χ4v) is 1.98. The molecule has 0 unspecified atom stereocenters. The average molecular weight is 259 g/mol. The minimum atomic E-state index is 0.737. The fraction of sp³-hybridized carbons (Fsp3) is 0.500. The van der Waals surface area contributed by atoms with Crippen molar-refractivity contribution in [3.63, 3.8) is 0 Å². The lowest BCUT2D eigenvalue weighted by molar-refractivity contribution is 0.783. The lowest BCUT2D eigenvalue weighted by atomic mass is 10.2. The summed E-state index contributed by atoms with van der Waals surface area (Å²) >= 11 is 0. The molecule has 1 N–H and O–H groups in total. The maximum absolute atomic E-state index is 4.62. The van der Waals surface area contributed by atoms with E-state index in [0.717, 1.165) is 49.0 Å². The second-order valence-corrected chi connectivity index (χ2v) is 4.57. The van der Waals surface area contributed by atoms with Crippen molar-refractivity contribution in [3.05, 3.63) is 35.8 Å². The van der Waals surface area contributed by atoms with Crippen LogP contribution < -0.4 is 5.32 Å². The molecule has 2 rings (SSSR count). The summed E-state index contributed by atoms with van der Waals surface area (Å²) in [5.41, 5.74) is 1.02. The minimum Gasteiger partial charge on any atom is -0.370 e. The van der Waals surface area contributed by atoms with Crippen LogP contribution in [0.5, 0.6) is 0 Å². The number of rotatable bonds is 6. The molecule has 102 valence electrons. The Morgan fingerprint density at radius 1 is 1.26 bits per heavy atom. The Bertz CT molecular complexity index is 508. The summed E-state index contributed by atoms with van der Waals surface area (Å²) in [7, 11) is 2.00. The van der Waals surface area contributed by atoms with Gasteiger partial charge in [-0.2, -0.15) is 0 Å². The third-order valence-electron chi connectivity index (χ3n) is 2.92. The molecule has 0 aromatic carbocycles. The number of hydrogen-bond acceptors (Lipinski definition) is 4. The average Bonchev–Trinajstić information content (AvgIpc) is 2.76. The van der Waals surface area contributed by atoms with Crippen LogP contribution in [0.25, 0.3) is 0 Å². The number of aryl methyl sites for hydroxylation is 2. The van der Waals surface area contributed by atoms with Gasteiger partial charge in [-0.1, -0.05) is 6.92 Å². The summed E-state index contributed by atoms with van der Waals surface area (Å²) in [5, 5.41) is 3.26. The van der Waals surface area contributed by atoms with Gasteiger partial charge in [-0.3, -0.25) is 0 Å². The third-order valence-corrected chi connectivity index (χ3v) is 2.92. The van der Waals surface area contributed by atoms with Gasteiger partial charge in [-0.15, -0.1) is 0 Å². The monoisotopic (exact) mass is 259 g/mol. The summed E-state index contributed by atoms with van der Waals surface area (Å²) in [6, 6.07) is 2.01. The lowest BCUT2D eigenvalue weighted by Crippen LogP contribution is -2.08. The molecule has 5 heteroatoms. The second kappa shape index (κ2) is 6.31. The Labute approximate surface area is 114 Å². The Balaban J connectivity index is 2.25. The molecular formula is C14H21N5. The fourth-order valence-electron chi connectivity index (χ4n) is 1.98. The van der Waals surface area contributed by atoms with Gasteiger partial charge in [0, 0.05) is 44.9 Å². The van der Waals surface area contributed by atoms with Crippen molar-refractivity contribution in [3.8, 4) is 0 Å². The van der Waals surface area contributed by atoms with Crippen LogP contribution in [0.4, 0.5) is 5.82 Å². The maximum Gasteiger partial charge on any atom is 0.131 e. The van der Waals surface area contributed by atoms with E-state index in [0.29, 0.717) is 0 Å². The molecule has 2 aromatic rings. The molecular weight excluding hydrogens is 238 g/mol. The SMILES string of the molecule is CCCc1nc(Cc2nccn2C)cc(NCC)n1. The summed E-state index contributed by atoms with van der Waals surface area (Å²) in [5.74, 6) is 2.83. The maximum atomic E-state index is 4.62. The van der Waals surface area contributed by atoms with Crippen molar-refractivity contribution in [2.45, 2.75) is 33.1 Å². The van der Waals surface area contributed by atoms with E-state index in [1.54, 1.807) is 0 Å². The predicted molar refractivity (Wildman–Crippen MR) is 76.2 cm³/mol. The quantitative estimate of drug-likeness (QED) is 0.864. The Morgan fingerprint density at radius 3 is 2.74 bits per heavy atom. The third kappa shape index (κ3) is 3.53. The number of aromatic nitrogens is 4. The first kappa shape index (κ1) is 13.5. The number of hydrogen-bond donors (Lipinski definition) is 1. The van der Waals surface area contributed by atoms with Gasteiger partial charge in [0.15, 0.2) is 0 Å². The summed E-state index contributed by atoms with van der Waals surface area (Å²) in [4.78, 5) is 13.5. The number of nitrogens with zero attached hydrogens (tertiary/aromatic N) is 4.